The molecule has 0 heterocycles. The molecule has 0 spiro atoms. The van der Waals surface area contributed by atoms with Gasteiger partial charge in [-0.05, 0) is 44.2 Å². The number of rotatable bonds is 4. The van der Waals surface area contributed by atoms with Gasteiger partial charge in [-0.3, -0.25) is 0 Å². The number of aliphatic hydroxyl groups excluding tert-OH is 1. The number of ether oxygens (including phenoxy) is 1. The van der Waals surface area contributed by atoms with Crippen LogP contribution in [0.4, 0.5) is 4.79 Å². The van der Waals surface area contributed by atoms with Crippen LogP contribution in [-0.4, -0.2) is 22.9 Å². The molecule has 5 heteroatoms. The minimum Gasteiger partial charge on any atom is -0.442 e. The van der Waals surface area contributed by atoms with Gasteiger partial charge in [0.15, 0.2) is 0 Å². The Morgan fingerprint density at radius 1 is 1.33 bits per heavy atom. The molecule has 1 amide bonds. The third kappa shape index (κ3) is 3.50. The highest BCUT2D eigenvalue weighted by Crippen LogP contribution is 2.46. The summed E-state index contributed by atoms with van der Waals surface area (Å²) in [5, 5.41) is 10.9. The Bertz CT molecular complexity index is 498. The summed E-state index contributed by atoms with van der Waals surface area (Å²) in [5.74, 6) is -0.376. The van der Waals surface area contributed by atoms with Crippen molar-refractivity contribution in [3.8, 4) is 0 Å². The van der Waals surface area contributed by atoms with Crippen molar-refractivity contribution >= 4 is 17.7 Å². The Morgan fingerprint density at radius 3 is 2.48 bits per heavy atom. The fourth-order valence-corrected chi connectivity index (χ4v) is 3.79. The first-order valence-electron chi connectivity index (χ1n) is 7.37. The van der Waals surface area contributed by atoms with Gasteiger partial charge in [-0.1, -0.05) is 36.2 Å². The third-order valence-electron chi connectivity index (χ3n) is 4.29. The van der Waals surface area contributed by atoms with Crippen LogP contribution in [0.5, 0.6) is 0 Å². The lowest BCUT2D eigenvalue weighted by Crippen LogP contribution is -2.48. The summed E-state index contributed by atoms with van der Waals surface area (Å²) in [6, 6.07) is 7.37. The molecule has 1 fully saturated rings. The monoisotopic (exact) mass is 311 g/mol. The van der Waals surface area contributed by atoms with E-state index in [1.165, 1.54) is 0 Å². The zero-order valence-electron chi connectivity index (χ0n) is 12.2. The van der Waals surface area contributed by atoms with Gasteiger partial charge in [0.2, 0.25) is 0 Å². The van der Waals surface area contributed by atoms with E-state index in [-0.39, 0.29) is 5.92 Å². The van der Waals surface area contributed by atoms with Gasteiger partial charge in [0.1, 0.15) is 5.60 Å². The van der Waals surface area contributed by atoms with Crippen LogP contribution >= 0.6 is 11.6 Å². The van der Waals surface area contributed by atoms with E-state index in [0.717, 1.165) is 24.8 Å². The zero-order chi connectivity index (χ0) is 15.5. The number of hydrogen-bond donors (Lipinski definition) is 2. The molecule has 2 unspecified atom stereocenters. The van der Waals surface area contributed by atoms with Crippen LogP contribution in [-0.2, 0) is 4.74 Å². The number of carbonyl (C=O) groups excluding carboxylic acids is 1. The second kappa shape index (κ2) is 6.67. The fraction of sp³-hybridized carbons (Fsp3) is 0.562. The molecule has 2 rings (SSSR count). The smallest absolute Gasteiger partial charge is 0.405 e. The van der Waals surface area contributed by atoms with Gasteiger partial charge >= 0.3 is 6.09 Å². The summed E-state index contributed by atoms with van der Waals surface area (Å²) in [5.41, 5.74) is 5.32. The predicted molar refractivity (Wildman–Crippen MR) is 82.4 cm³/mol. The van der Waals surface area contributed by atoms with E-state index >= 15 is 0 Å². The molecular formula is C16H22ClNO3. The lowest BCUT2D eigenvalue weighted by molar-refractivity contribution is -0.0625. The molecule has 116 valence electrons. The molecular weight excluding hydrogens is 290 g/mol. The van der Waals surface area contributed by atoms with Crippen molar-refractivity contribution < 1.29 is 14.6 Å². The molecule has 0 radical (unpaired) electrons. The van der Waals surface area contributed by atoms with Gasteiger partial charge in [0.05, 0.1) is 12.0 Å². The largest absolute Gasteiger partial charge is 0.442 e. The van der Waals surface area contributed by atoms with Crippen molar-refractivity contribution in [3.63, 3.8) is 0 Å². The van der Waals surface area contributed by atoms with Crippen LogP contribution in [0.2, 0.25) is 5.02 Å². The number of hydrogen-bond acceptors (Lipinski definition) is 3. The highest BCUT2D eigenvalue weighted by atomic mass is 35.5. The number of halogens is 1. The summed E-state index contributed by atoms with van der Waals surface area (Å²) < 4.78 is 5.53. The number of carbonyl (C=O) groups is 1. The van der Waals surface area contributed by atoms with E-state index in [0.29, 0.717) is 17.9 Å². The van der Waals surface area contributed by atoms with Crippen LogP contribution < -0.4 is 5.73 Å². The van der Waals surface area contributed by atoms with E-state index in [1.807, 2.05) is 18.2 Å². The minimum atomic E-state index is -0.797. The van der Waals surface area contributed by atoms with Crippen molar-refractivity contribution in [1.29, 1.82) is 0 Å². The summed E-state index contributed by atoms with van der Waals surface area (Å²) in [6.45, 7) is 1.70. The second-order valence-corrected chi connectivity index (χ2v) is 6.19. The molecule has 0 aliphatic heterocycles. The van der Waals surface area contributed by atoms with Crippen LogP contribution in [0, 0.1) is 0 Å². The molecule has 3 N–H and O–H groups in total. The van der Waals surface area contributed by atoms with Crippen LogP contribution in [0.25, 0.3) is 0 Å². The Hall–Kier alpha value is -1.26. The maximum Gasteiger partial charge on any atom is 0.405 e. The molecule has 4 nitrogen and oxygen atoms in total. The first kappa shape index (κ1) is 16.1. The van der Waals surface area contributed by atoms with E-state index in [9.17, 15) is 9.90 Å². The maximum absolute atomic E-state index is 11.4. The average molecular weight is 312 g/mol. The van der Waals surface area contributed by atoms with Crippen LogP contribution in [0.15, 0.2) is 24.3 Å². The normalized spacial score (nSPS) is 20.5. The Balaban J connectivity index is 2.46. The minimum absolute atomic E-state index is 0.376. The summed E-state index contributed by atoms with van der Waals surface area (Å²) in [6.07, 6.45) is 2.88. The summed E-state index contributed by atoms with van der Waals surface area (Å²) in [4.78, 5) is 11.4. The molecule has 0 aromatic heterocycles. The predicted octanol–water partition coefficient (Wildman–Crippen LogP) is 3.60. The van der Waals surface area contributed by atoms with E-state index in [2.05, 4.69) is 0 Å². The van der Waals surface area contributed by atoms with Gasteiger partial charge < -0.3 is 15.6 Å². The standard InChI is InChI=1S/C16H22ClNO3/c1-11(19)14(12-7-3-4-8-13(12)17)16(21-15(18)20)9-5-2-6-10-16/h3-4,7-8,11,14,19H,2,5-6,9-10H2,1H3,(H2,18,20). The van der Waals surface area contributed by atoms with Crippen molar-refractivity contribution in [3.05, 3.63) is 34.9 Å². The molecule has 1 saturated carbocycles. The fourth-order valence-electron chi connectivity index (χ4n) is 3.54. The lowest BCUT2D eigenvalue weighted by Gasteiger charge is -2.44. The first-order valence-corrected chi connectivity index (χ1v) is 7.75. The highest BCUT2D eigenvalue weighted by molar-refractivity contribution is 6.31. The summed E-state index contributed by atoms with van der Waals surface area (Å²) >= 11 is 6.30. The van der Waals surface area contributed by atoms with Gasteiger partial charge in [-0.25, -0.2) is 4.79 Å². The number of nitrogens with two attached hydrogens (primary N) is 1. The molecule has 1 aromatic carbocycles. The van der Waals surface area contributed by atoms with Gasteiger partial charge in [0, 0.05) is 5.02 Å². The molecule has 1 aliphatic carbocycles. The van der Waals surface area contributed by atoms with Gasteiger partial charge in [-0.2, -0.15) is 0 Å². The average Bonchev–Trinajstić information content (AvgIpc) is 2.41. The molecule has 1 aliphatic rings. The van der Waals surface area contributed by atoms with Crippen LogP contribution in [0.3, 0.4) is 0 Å². The van der Waals surface area contributed by atoms with E-state index in [4.69, 9.17) is 22.1 Å². The number of aliphatic hydroxyl groups is 1. The van der Waals surface area contributed by atoms with Crippen molar-refractivity contribution in [2.24, 2.45) is 5.73 Å². The lowest BCUT2D eigenvalue weighted by atomic mass is 9.70. The SMILES string of the molecule is CC(O)C(c1ccccc1Cl)C1(OC(N)=O)CCCCC1. The van der Waals surface area contributed by atoms with Crippen LogP contribution in [0.1, 0.15) is 50.5 Å². The summed E-state index contributed by atoms with van der Waals surface area (Å²) in [7, 11) is 0. The number of amides is 1. The number of primary amides is 1. The van der Waals surface area contributed by atoms with Crippen molar-refractivity contribution in [2.75, 3.05) is 0 Å². The Morgan fingerprint density at radius 2 is 1.95 bits per heavy atom. The maximum atomic E-state index is 11.4. The third-order valence-corrected chi connectivity index (χ3v) is 4.64. The second-order valence-electron chi connectivity index (χ2n) is 5.79. The van der Waals surface area contributed by atoms with Crippen molar-refractivity contribution in [2.45, 2.75) is 56.7 Å². The van der Waals surface area contributed by atoms with E-state index < -0.39 is 17.8 Å². The van der Waals surface area contributed by atoms with Crippen molar-refractivity contribution in [1.82, 2.24) is 0 Å². The molecule has 2 atom stereocenters. The highest BCUT2D eigenvalue weighted by Gasteiger charge is 2.46. The molecule has 1 aromatic rings. The molecule has 21 heavy (non-hydrogen) atoms. The number of benzene rings is 1. The first-order chi connectivity index (χ1) is 9.96. The topological polar surface area (TPSA) is 72.6 Å². The quantitative estimate of drug-likeness (QED) is 0.892. The Kier molecular flexibility index (Phi) is 5.12. The zero-order valence-corrected chi connectivity index (χ0v) is 13.0. The van der Waals surface area contributed by atoms with Gasteiger partial charge in [0.25, 0.3) is 0 Å². The molecule has 0 saturated heterocycles. The van der Waals surface area contributed by atoms with E-state index in [1.54, 1.807) is 13.0 Å². The van der Waals surface area contributed by atoms with Gasteiger partial charge in [-0.15, -0.1) is 0 Å². The molecule has 0 bridgehead atoms. The Labute approximate surface area is 130 Å².